The largest absolute Gasteiger partial charge is 0.343 e. The molecule has 0 aliphatic carbocycles. The molecule has 0 N–H and O–H groups in total. The van der Waals surface area contributed by atoms with E-state index in [4.69, 9.17) is 0 Å². The molecule has 1 aliphatic rings. The van der Waals surface area contributed by atoms with Gasteiger partial charge in [-0.2, -0.15) is 0 Å². The molecule has 3 heteroatoms. The number of carbonyl (C=O) groups excluding carboxylic acids is 1. The first kappa shape index (κ1) is 15.0. The first-order chi connectivity index (χ1) is 9.65. The Hall–Kier alpha value is -1.35. The molecule has 2 atom stereocenters. The van der Waals surface area contributed by atoms with Gasteiger partial charge in [-0.1, -0.05) is 30.3 Å². The highest BCUT2D eigenvalue weighted by Gasteiger charge is 2.32. The van der Waals surface area contributed by atoms with Gasteiger partial charge in [0.15, 0.2) is 0 Å². The number of hydrogen-bond acceptors (Lipinski definition) is 2. The smallest absolute Gasteiger partial charge is 0.226 e. The molecule has 1 saturated heterocycles. The summed E-state index contributed by atoms with van der Waals surface area (Å²) < 4.78 is 0. The number of rotatable bonds is 4. The first-order valence-electron chi connectivity index (χ1n) is 7.68. The Labute approximate surface area is 122 Å². The topological polar surface area (TPSA) is 23.6 Å². The Kier molecular flexibility index (Phi) is 5.18. The fraction of sp³-hybridized carbons (Fsp3) is 0.588. The average Bonchev–Trinajstić information content (AvgIpc) is 2.48. The first-order valence-corrected chi connectivity index (χ1v) is 7.68. The average molecular weight is 274 g/mol. The van der Waals surface area contributed by atoms with Crippen LogP contribution in [0.15, 0.2) is 30.3 Å². The summed E-state index contributed by atoms with van der Waals surface area (Å²) in [4.78, 5) is 16.8. The summed E-state index contributed by atoms with van der Waals surface area (Å²) in [6.07, 6.45) is 0.976. The zero-order valence-corrected chi connectivity index (χ0v) is 12.9. The van der Waals surface area contributed by atoms with Gasteiger partial charge in [0.2, 0.25) is 5.91 Å². The van der Waals surface area contributed by atoms with Crippen molar-refractivity contribution in [1.82, 2.24) is 9.80 Å². The van der Waals surface area contributed by atoms with E-state index in [-0.39, 0.29) is 5.92 Å². The molecular formula is C17H26N2O. The summed E-state index contributed by atoms with van der Waals surface area (Å²) in [5, 5.41) is 0. The van der Waals surface area contributed by atoms with Crippen molar-refractivity contribution < 1.29 is 4.79 Å². The molecular weight excluding hydrogens is 248 g/mol. The van der Waals surface area contributed by atoms with Crippen molar-refractivity contribution in [3.63, 3.8) is 0 Å². The summed E-state index contributed by atoms with van der Waals surface area (Å²) in [5.74, 6) is 0.931. The third-order valence-electron chi connectivity index (χ3n) is 4.33. The van der Waals surface area contributed by atoms with Crippen molar-refractivity contribution >= 4 is 5.91 Å². The molecule has 110 valence electrons. The van der Waals surface area contributed by atoms with Crippen LogP contribution in [0.2, 0.25) is 0 Å². The van der Waals surface area contributed by atoms with Crippen molar-refractivity contribution in [3.8, 4) is 0 Å². The SMILES string of the molecule is CCN(CC)C(=O)C1CC(c2ccccc2)CN(C)C1. The van der Waals surface area contributed by atoms with E-state index in [1.165, 1.54) is 5.56 Å². The van der Waals surface area contributed by atoms with Crippen molar-refractivity contribution in [2.45, 2.75) is 26.2 Å². The van der Waals surface area contributed by atoms with Gasteiger partial charge in [-0.05, 0) is 38.8 Å². The zero-order valence-electron chi connectivity index (χ0n) is 12.9. The van der Waals surface area contributed by atoms with Crippen molar-refractivity contribution in [2.24, 2.45) is 5.92 Å². The maximum absolute atomic E-state index is 12.6. The zero-order chi connectivity index (χ0) is 14.5. The van der Waals surface area contributed by atoms with E-state index in [0.29, 0.717) is 11.8 Å². The quantitative estimate of drug-likeness (QED) is 0.842. The van der Waals surface area contributed by atoms with Gasteiger partial charge in [0.25, 0.3) is 0 Å². The molecule has 0 radical (unpaired) electrons. The van der Waals surface area contributed by atoms with E-state index in [0.717, 1.165) is 32.6 Å². The van der Waals surface area contributed by atoms with Crippen LogP contribution in [0.4, 0.5) is 0 Å². The lowest BCUT2D eigenvalue weighted by Crippen LogP contribution is -2.45. The lowest BCUT2D eigenvalue weighted by Gasteiger charge is -2.37. The van der Waals surface area contributed by atoms with E-state index < -0.39 is 0 Å². The standard InChI is InChI=1S/C17H26N2O/c1-4-19(5-2)17(20)16-11-15(12-18(3)13-16)14-9-7-6-8-10-14/h6-10,15-16H,4-5,11-13H2,1-3H3. The van der Waals surface area contributed by atoms with Crippen molar-refractivity contribution in [3.05, 3.63) is 35.9 Å². The fourth-order valence-electron chi connectivity index (χ4n) is 3.26. The summed E-state index contributed by atoms with van der Waals surface area (Å²) >= 11 is 0. The molecule has 0 bridgehead atoms. The number of likely N-dealkylation sites (tertiary alicyclic amines) is 1. The number of nitrogens with zero attached hydrogens (tertiary/aromatic N) is 2. The van der Waals surface area contributed by atoms with Gasteiger partial charge in [-0.25, -0.2) is 0 Å². The number of piperidine rings is 1. The Bertz CT molecular complexity index is 428. The Morgan fingerprint density at radius 3 is 2.45 bits per heavy atom. The third kappa shape index (κ3) is 3.40. The number of carbonyl (C=O) groups is 1. The maximum atomic E-state index is 12.6. The van der Waals surface area contributed by atoms with Crippen molar-refractivity contribution in [2.75, 3.05) is 33.2 Å². The Balaban J connectivity index is 2.10. The molecule has 0 aromatic heterocycles. The van der Waals surface area contributed by atoms with E-state index in [2.05, 4.69) is 56.1 Å². The predicted molar refractivity (Wildman–Crippen MR) is 82.7 cm³/mol. The van der Waals surface area contributed by atoms with Gasteiger partial charge in [0, 0.05) is 26.2 Å². The van der Waals surface area contributed by atoms with Crippen molar-refractivity contribution in [1.29, 1.82) is 0 Å². The molecule has 1 amide bonds. The second-order valence-electron chi connectivity index (χ2n) is 5.77. The van der Waals surface area contributed by atoms with Gasteiger partial charge >= 0.3 is 0 Å². The van der Waals surface area contributed by atoms with E-state index in [1.807, 2.05) is 4.90 Å². The minimum Gasteiger partial charge on any atom is -0.343 e. The van der Waals surface area contributed by atoms with Crippen LogP contribution in [0.5, 0.6) is 0 Å². The Morgan fingerprint density at radius 1 is 1.20 bits per heavy atom. The monoisotopic (exact) mass is 274 g/mol. The molecule has 0 saturated carbocycles. The van der Waals surface area contributed by atoms with Gasteiger partial charge in [-0.15, -0.1) is 0 Å². The molecule has 1 fully saturated rings. The van der Waals surface area contributed by atoms with Gasteiger partial charge < -0.3 is 9.80 Å². The van der Waals surface area contributed by atoms with Gasteiger partial charge in [-0.3, -0.25) is 4.79 Å². The molecule has 1 aromatic rings. The molecule has 2 rings (SSSR count). The molecule has 1 heterocycles. The minimum atomic E-state index is 0.138. The van der Waals surface area contributed by atoms with E-state index in [1.54, 1.807) is 0 Å². The van der Waals surface area contributed by atoms with Crippen LogP contribution >= 0.6 is 0 Å². The lowest BCUT2D eigenvalue weighted by molar-refractivity contribution is -0.137. The van der Waals surface area contributed by atoms with Crippen LogP contribution in [-0.2, 0) is 4.79 Å². The molecule has 2 unspecified atom stereocenters. The highest BCUT2D eigenvalue weighted by atomic mass is 16.2. The fourth-order valence-corrected chi connectivity index (χ4v) is 3.26. The van der Waals surface area contributed by atoms with Gasteiger partial charge in [0.05, 0.1) is 5.92 Å². The maximum Gasteiger partial charge on any atom is 0.226 e. The molecule has 0 spiro atoms. The second kappa shape index (κ2) is 6.89. The number of hydrogen-bond donors (Lipinski definition) is 0. The van der Waals surface area contributed by atoms with E-state index >= 15 is 0 Å². The second-order valence-corrected chi connectivity index (χ2v) is 5.77. The summed E-state index contributed by atoms with van der Waals surface area (Å²) in [6, 6.07) is 10.6. The number of benzene rings is 1. The van der Waals surface area contributed by atoms with Crippen LogP contribution in [-0.4, -0.2) is 48.9 Å². The molecule has 3 nitrogen and oxygen atoms in total. The number of likely N-dealkylation sites (N-methyl/N-ethyl adjacent to an activating group) is 1. The number of amides is 1. The van der Waals surface area contributed by atoms with Crippen LogP contribution in [0.25, 0.3) is 0 Å². The van der Waals surface area contributed by atoms with Crippen LogP contribution in [0.1, 0.15) is 31.7 Å². The summed E-state index contributed by atoms with van der Waals surface area (Å²) in [6.45, 7) is 7.67. The van der Waals surface area contributed by atoms with Crippen LogP contribution < -0.4 is 0 Å². The molecule has 1 aliphatic heterocycles. The summed E-state index contributed by atoms with van der Waals surface area (Å²) in [5.41, 5.74) is 1.36. The van der Waals surface area contributed by atoms with Gasteiger partial charge in [0.1, 0.15) is 0 Å². The normalized spacial score (nSPS) is 23.6. The highest BCUT2D eigenvalue weighted by molar-refractivity contribution is 5.79. The third-order valence-corrected chi connectivity index (χ3v) is 4.33. The lowest BCUT2D eigenvalue weighted by atomic mass is 9.84. The Morgan fingerprint density at radius 2 is 1.85 bits per heavy atom. The predicted octanol–water partition coefficient (Wildman–Crippen LogP) is 2.59. The van der Waals surface area contributed by atoms with Crippen LogP contribution in [0.3, 0.4) is 0 Å². The molecule has 1 aromatic carbocycles. The minimum absolute atomic E-state index is 0.138. The molecule has 20 heavy (non-hydrogen) atoms. The van der Waals surface area contributed by atoms with E-state index in [9.17, 15) is 4.79 Å². The van der Waals surface area contributed by atoms with Crippen LogP contribution in [0, 0.1) is 5.92 Å². The highest BCUT2D eigenvalue weighted by Crippen LogP contribution is 2.30. The summed E-state index contributed by atoms with van der Waals surface area (Å²) in [7, 11) is 2.12.